The Hall–Kier alpha value is -0.220. The van der Waals surface area contributed by atoms with Crippen molar-refractivity contribution in [2.24, 2.45) is 5.73 Å². The van der Waals surface area contributed by atoms with Crippen molar-refractivity contribution in [1.29, 1.82) is 0 Å². The van der Waals surface area contributed by atoms with Gasteiger partial charge in [-0.3, -0.25) is 4.79 Å². The zero-order valence-corrected chi connectivity index (χ0v) is 8.28. The minimum absolute atomic E-state index is 0.277. The third-order valence-electron chi connectivity index (χ3n) is 1.80. The van der Waals surface area contributed by atoms with Crippen molar-refractivity contribution in [2.45, 2.75) is 6.92 Å². The number of amides is 1. The number of nitrogens with zero attached hydrogens (tertiary/aromatic N) is 1. The molecule has 0 saturated carbocycles. The SMILES string of the molecule is CC[N+](C)(C)CCSC(N)=O. The number of hydrogen-bond donors (Lipinski definition) is 1. The third-order valence-corrected chi connectivity index (χ3v) is 2.47. The lowest BCUT2D eigenvalue weighted by Gasteiger charge is -2.27. The number of rotatable bonds is 4. The van der Waals surface area contributed by atoms with Crippen LogP contribution in [0, 0.1) is 0 Å². The van der Waals surface area contributed by atoms with Crippen molar-refractivity contribution < 1.29 is 9.28 Å². The zero-order chi connectivity index (χ0) is 8.91. The number of primary amides is 1. The van der Waals surface area contributed by atoms with Gasteiger partial charge >= 0.3 is 0 Å². The standard InChI is InChI=1S/C7H16N2OS/c1-4-9(2,3)5-6-11-7(8)10/h4-6H2,1-3H3,(H-,8,10)/p+1. The summed E-state index contributed by atoms with van der Waals surface area (Å²) < 4.78 is 0.945. The minimum Gasteiger partial charge on any atom is -0.361 e. The molecule has 0 aromatic carbocycles. The Balaban J connectivity index is 3.45. The molecule has 1 amide bonds. The molecule has 11 heavy (non-hydrogen) atoms. The highest BCUT2D eigenvalue weighted by Gasteiger charge is 2.11. The van der Waals surface area contributed by atoms with E-state index in [2.05, 4.69) is 21.0 Å². The van der Waals surface area contributed by atoms with E-state index < -0.39 is 0 Å². The second-order valence-corrected chi connectivity index (χ2v) is 4.24. The molecule has 0 heterocycles. The highest BCUT2D eigenvalue weighted by molar-refractivity contribution is 8.13. The molecule has 0 aliphatic carbocycles. The summed E-state index contributed by atoms with van der Waals surface area (Å²) in [7, 11) is 4.28. The monoisotopic (exact) mass is 177 g/mol. The first-order chi connectivity index (χ1) is 4.98. The van der Waals surface area contributed by atoms with Crippen LogP contribution in [0.2, 0.25) is 0 Å². The van der Waals surface area contributed by atoms with Crippen LogP contribution in [-0.4, -0.2) is 42.7 Å². The van der Waals surface area contributed by atoms with Gasteiger partial charge in [0.1, 0.15) is 0 Å². The van der Waals surface area contributed by atoms with Crippen LogP contribution in [0.3, 0.4) is 0 Å². The highest BCUT2D eigenvalue weighted by Crippen LogP contribution is 2.03. The Morgan fingerprint density at radius 1 is 1.55 bits per heavy atom. The van der Waals surface area contributed by atoms with Crippen LogP contribution in [0.15, 0.2) is 0 Å². The van der Waals surface area contributed by atoms with Gasteiger partial charge in [0.05, 0.1) is 32.9 Å². The number of carbonyl (C=O) groups excluding carboxylic acids is 1. The van der Waals surface area contributed by atoms with E-state index in [1.807, 2.05) is 0 Å². The van der Waals surface area contributed by atoms with Crippen LogP contribution in [0.1, 0.15) is 6.92 Å². The first-order valence-corrected chi connectivity index (χ1v) is 4.71. The lowest BCUT2D eigenvalue weighted by molar-refractivity contribution is -0.885. The Bertz CT molecular complexity index is 136. The predicted octanol–water partition coefficient (Wildman–Crippen LogP) is 0.895. The molecule has 0 aliphatic heterocycles. The van der Waals surface area contributed by atoms with Gasteiger partial charge in [-0.15, -0.1) is 0 Å². The van der Waals surface area contributed by atoms with E-state index in [0.29, 0.717) is 0 Å². The van der Waals surface area contributed by atoms with Crippen molar-refractivity contribution in [3.63, 3.8) is 0 Å². The summed E-state index contributed by atoms with van der Waals surface area (Å²) in [6.07, 6.45) is 0. The summed E-state index contributed by atoms with van der Waals surface area (Å²) in [5.74, 6) is 0.816. The van der Waals surface area contributed by atoms with Crippen LogP contribution in [0.4, 0.5) is 4.79 Å². The number of quaternary nitrogens is 1. The van der Waals surface area contributed by atoms with Crippen LogP contribution in [0.25, 0.3) is 0 Å². The fraction of sp³-hybridized carbons (Fsp3) is 0.857. The van der Waals surface area contributed by atoms with Gasteiger partial charge in [0.2, 0.25) is 0 Å². The summed E-state index contributed by atoms with van der Waals surface area (Å²) >= 11 is 1.20. The van der Waals surface area contributed by atoms with E-state index in [-0.39, 0.29) is 5.24 Å². The van der Waals surface area contributed by atoms with Crippen molar-refractivity contribution in [3.05, 3.63) is 0 Å². The maximum absolute atomic E-state index is 10.4. The number of thioether (sulfide) groups is 1. The molecule has 4 heteroatoms. The molecule has 3 nitrogen and oxygen atoms in total. The van der Waals surface area contributed by atoms with E-state index in [4.69, 9.17) is 5.73 Å². The van der Waals surface area contributed by atoms with E-state index in [9.17, 15) is 4.79 Å². The molecule has 0 atom stereocenters. The number of nitrogens with two attached hydrogens (primary N) is 1. The van der Waals surface area contributed by atoms with Crippen LogP contribution >= 0.6 is 11.8 Å². The summed E-state index contributed by atoms with van der Waals surface area (Å²) in [4.78, 5) is 10.4. The molecule has 0 rings (SSSR count). The van der Waals surface area contributed by atoms with Crippen molar-refractivity contribution >= 4 is 17.0 Å². The van der Waals surface area contributed by atoms with Crippen molar-refractivity contribution in [3.8, 4) is 0 Å². The lowest BCUT2D eigenvalue weighted by Crippen LogP contribution is -2.41. The van der Waals surface area contributed by atoms with E-state index in [1.54, 1.807) is 0 Å². The molecular weight excluding hydrogens is 160 g/mol. The number of hydrogen-bond acceptors (Lipinski definition) is 2. The molecule has 0 aromatic rings. The van der Waals surface area contributed by atoms with E-state index in [1.165, 1.54) is 11.8 Å². The maximum atomic E-state index is 10.4. The normalized spacial score (nSPS) is 11.5. The van der Waals surface area contributed by atoms with Gasteiger partial charge in [-0.05, 0) is 6.92 Å². The minimum atomic E-state index is -0.277. The molecule has 0 aliphatic rings. The van der Waals surface area contributed by atoms with Crippen molar-refractivity contribution in [1.82, 2.24) is 0 Å². The molecule has 66 valence electrons. The first-order valence-electron chi connectivity index (χ1n) is 3.72. The molecule has 2 N–H and O–H groups in total. The highest BCUT2D eigenvalue weighted by atomic mass is 32.2. The topological polar surface area (TPSA) is 43.1 Å². The van der Waals surface area contributed by atoms with Gasteiger partial charge in [0.25, 0.3) is 5.24 Å². The molecule has 0 spiro atoms. The van der Waals surface area contributed by atoms with Gasteiger partial charge in [-0.1, -0.05) is 11.8 Å². The summed E-state index contributed by atoms with van der Waals surface area (Å²) in [6.45, 7) is 4.21. The zero-order valence-electron chi connectivity index (χ0n) is 7.46. The quantitative estimate of drug-likeness (QED) is 0.648. The second kappa shape index (κ2) is 4.62. The molecule has 0 saturated heterocycles. The lowest BCUT2D eigenvalue weighted by atomic mass is 10.5. The molecule has 0 bridgehead atoms. The Kier molecular flexibility index (Phi) is 4.52. The Labute approximate surface area is 72.5 Å². The Morgan fingerprint density at radius 3 is 2.45 bits per heavy atom. The molecular formula is C7H17N2OS+. The average molecular weight is 177 g/mol. The molecule has 0 aromatic heterocycles. The average Bonchev–Trinajstić information content (AvgIpc) is 1.87. The second-order valence-electron chi connectivity index (χ2n) is 3.14. The van der Waals surface area contributed by atoms with Gasteiger partial charge in [0.15, 0.2) is 0 Å². The molecule has 0 unspecified atom stereocenters. The largest absolute Gasteiger partial charge is 0.361 e. The third kappa shape index (κ3) is 6.19. The van der Waals surface area contributed by atoms with Gasteiger partial charge in [0, 0.05) is 0 Å². The van der Waals surface area contributed by atoms with Gasteiger partial charge < -0.3 is 10.2 Å². The molecule has 0 fully saturated rings. The predicted molar refractivity (Wildman–Crippen MR) is 49.6 cm³/mol. The molecule has 0 radical (unpaired) electrons. The van der Waals surface area contributed by atoms with Crippen LogP contribution < -0.4 is 5.73 Å². The summed E-state index contributed by atoms with van der Waals surface area (Å²) in [5, 5.41) is -0.277. The summed E-state index contributed by atoms with van der Waals surface area (Å²) in [6, 6.07) is 0. The Morgan fingerprint density at radius 2 is 2.09 bits per heavy atom. The first kappa shape index (κ1) is 10.8. The van der Waals surface area contributed by atoms with Gasteiger partial charge in [-0.2, -0.15) is 0 Å². The summed E-state index contributed by atoms with van der Waals surface area (Å²) in [5.41, 5.74) is 4.98. The van der Waals surface area contributed by atoms with Crippen LogP contribution in [-0.2, 0) is 0 Å². The van der Waals surface area contributed by atoms with E-state index >= 15 is 0 Å². The van der Waals surface area contributed by atoms with E-state index in [0.717, 1.165) is 23.3 Å². The smallest absolute Gasteiger partial charge is 0.276 e. The number of carbonyl (C=O) groups is 1. The fourth-order valence-electron chi connectivity index (χ4n) is 0.551. The van der Waals surface area contributed by atoms with Crippen molar-refractivity contribution in [2.75, 3.05) is 32.9 Å². The van der Waals surface area contributed by atoms with Crippen LogP contribution in [0.5, 0.6) is 0 Å². The van der Waals surface area contributed by atoms with Gasteiger partial charge in [-0.25, -0.2) is 0 Å². The fourth-order valence-corrected chi connectivity index (χ4v) is 1.34. The maximum Gasteiger partial charge on any atom is 0.276 e.